The van der Waals surface area contributed by atoms with Gasteiger partial charge in [-0.2, -0.15) is 79.2 Å². The molecule has 126 heavy (non-hydrogen) atoms. The molecule has 0 aliphatic heterocycles. The van der Waals surface area contributed by atoms with Gasteiger partial charge in [-0.15, -0.1) is 36.7 Å². The van der Waals surface area contributed by atoms with Crippen LogP contribution in [0.4, 0.5) is 46.0 Å². The molecule has 54 heteroatoms. The van der Waals surface area contributed by atoms with Gasteiger partial charge < -0.3 is 64.6 Å². The van der Waals surface area contributed by atoms with Crippen molar-refractivity contribution in [1.82, 2.24) is 74.8 Å². The molecule has 0 spiro atoms. The standard InChI is InChI=1S/C13H11BrF2N4O5S.C13H13BrF2N4O4S.C13H15BrN4O2S.C12H13BrN4O2.C7H11N3O2S.C6H6BrN.C4H9ClO.4CH4.Cr.3O/c1-24-12-17-10(18-13(19-12)25-2)9(21)6-4-3-5-7(14)8(6)20-26(22,23)11(15)16;1-23-12-17-9(18-13(19-12)24-2)6-7-4-3-5-8(14)10(7)20-25(21,22)11(15)16;1-19-12-16-11(17-13(18-12)20-2)10(21-3)7-5-4-6-8(14)9(7)15;1-18-11-15-9(16-12(17-11)19-2)6-7-4-3-5-8(13)10(7)14;1-11-6-8-5(4-13-3)9-7(10-6)12-2;7-5-3-1-2-4-6(5)8;1-4(2,3)6-5;;;;;;;;/h3-5,11,20H,1-2H3;3-5,11,20H,6H2,1-2H3;4-6,10H,15H2,1-3H3;3-5H,6,14H2,1-2H3;4H2,1-3H3;1-4H,8H2;1-3H3;4*1H4;;;;. The van der Waals surface area contributed by atoms with E-state index in [1.165, 1.54) is 95.4 Å². The van der Waals surface area contributed by atoms with E-state index in [0.717, 1.165) is 36.0 Å². The molecule has 0 aliphatic rings. The van der Waals surface area contributed by atoms with E-state index < -0.39 is 57.1 Å². The Labute approximate surface area is 786 Å². The fraction of sp³-hybridized carbons (Fsp3) is 0.361. The van der Waals surface area contributed by atoms with Crippen molar-refractivity contribution in [2.24, 2.45) is 0 Å². The van der Waals surface area contributed by atoms with Crippen molar-refractivity contribution in [2.75, 3.05) is 110 Å². The molecule has 5 aromatic carbocycles. The molecule has 1 atom stereocenters. The minimum atomic E-state index is -5.01. The molecule has 0 radical (unpaired) electrons. The average Bonchev–Trinajstić information content (AvgIpc) is 0.761. The number of anilines is 5. The van der Waals surface area contributed by atoms with Gasteiger partial charge in [0, 0.05) is 46.6 Å². The fourth-order valence-electron chi connectivity index (χ4n) is 8.15. The van der Waals surface area contributed by atoms with Gasteiger partial charge in [-0.25, -0.2) is 16.8 Å². The summed E-state index contributed by atoms with van der Waals surface area (Å²) in [6.45, 7) is 5.67. The summed E-state index contributed by atoms with van der Waals surface area (Å²) in [6, 6.07) is 28.8. The number of nitrogen functional groups attached to an aromatic ring is 3. The Kier molecular flexibility index (Phi) is 56.3. The molecule has 5 aromatic heterocycles. The number of halogens is 10. The zero-order chi connectivity index (χ0) is 91.8. The summed E-state index contributed by atoms with van der Waals surface area (Å²) >= 11 is 20.6. The topological polar surface area (TPSA) is 534 Å². The Bertz CT molecular complexity index is 5310. The van der Waals surface area contributed by atoms with E-state index in [-0.39, 0.29) is 134 Å². The van der Waals surface area contributed by atoms with Gasteiger partial charge in [0.05, 0.1) is 122 Å². The third-order valence-electron chi connectivity index (χ3n) is 13.6. The summed E-state index contributed by atoms with van der Waals surface area (Å²) in [5.41, 5.74) is 21.1. The maximum atomic E-state index is 12.7. The molecule has 0 aliphatic carbocycles. The predicted molar refractivity (Wildman–Crippen MR) is 483 cm³/mol. The first-order chi connectivity index (χ1) is 57.6. The number of carbonyl (C=O) groups is 1. The van der Waals surface area contributed by atoms with Crippen LogP contribution >= 0.6 is 115 Å². The molecule has 0 fully saturated rings. The van der Waals surface area contributed by atoms with Gasteiger partial charge in [-0.05, 0) is 172 Å². The second-order valence-corrected chi connectivity index (χ2v) is 33.1. The third-order valence-corrected chi connectivity index (χ3v) is 20.9. The van der Waals surface area contributed by atoms with E-state index in [2.05, 4.69) is 159 Å². The SMILES string of the molecule is C.C.C.C.CC(C)(C)OCl.COc1nc(CSC)nc(OC)n1.COc1nc(Cc2cccc(Br)c2N)nc(OC)n1.COc1nc(Cc2cccc(Br)c2NS(=O)(=O)C(F)F)nc(OC)n1.COc1nc(OC)nc(C(=O)c2cccc(Br)c2NS(=O)(=O)C(F)F)n1.COc1nc(OC)nc(C(SC)c2cccc(Br)c2N)n1.Nc1ccccc1Br.[O]=[Cr](=[O])=[O]. The van der Waals surface area contributed by atoms with Gasteiger partial charge in [0.1, 0.15) is 17.5 Å². The van der Waals surface area contributed by atoms with Crippen LogP contribution in [0, 0.1) is 0 Å². The van der Waals surface area contributed by atoms with Crippen LogP contribution in [-0.2, 0) is 68.3 Å². The van der Waals surface area contributed by atoms with E-state index >= 15 is 0 Å². The summed E-state index contributed by atoms with van der Waals surface area (Å²) in [7, 11) is 4.40. The number of nitrogens with zero attached hydrogens (tertiary/aromatic N) is 15. The molecule has 0 saturated heterocycles. The summed E-state index contributed by atoms with van der Waals surface area (Å²) in [5.74, 6) is -5.88. The Balaban J connectivity index is 0. The number of ketones is 1. The number of carbonyl (C=O) groups excluding carboxylic acids is 1. The average molecular weight is 2230 g/mol. The van der Waals surface area contributed by atoms with E-state index in [1.54, 1.807) is 40.4 Å². The Morgan fingerprint density at radius 3 is 1.10 bits per heavy atom. The normalized spacial score (nSPS) is 10.5. The minimum absolute atomic E-state index is 0. The monoisotopic (exact) mass is 2230 g/mol. The van der Waals surface area contributed by atoms with E-state index in [4.69, 9.17) is 87.8 Å². The zero-order valence-corrected chi connectivity index (χ0v) is 79.8. The number of thioether (sulfide) groups is 2. The summed E-state index contributed by atoms with van der Waals surface area (Å²) in [6.07, 6.45) is 4.44. The molecule has 10 rings (SSSR count). The Morgan fingerprint density at radius 1 is 0.444 bits per heavy atom. The second kappa shape index (κ2) is 59.7. The van der Waals surface area contributed by atoms with Crippen LogP contribution < -0.4 is 74.0 Å². The first-order valence-electron chi connectivity index (χ1n) is 33.1. The van der Waals surface area contributed by atoms with Crippen LogP contribution in [0.15, 0.2) is 119 Å². The number of hydrogen-bond acceptors (Lipinski definition) is 39. The number of sulfonamides is 2. The fourth-order valence-corrected chi connectivity index (χ4v) is 12.8. The molecule has 8 N–H and O–H groups in total. The zero-order valence-electron chi connectivity index (χ0n) is 66.6. The van der Waals surface area contributed by atoms with Gasteiger partial charge in [-0.1, -0.05) is 84.3 Å². The van der Waals surface area contributed by atoms with Crippen LogP contribution in [0.3, 0.4) is 0 Å². The summed E-state index contributed by atoms with van der Waals surface area (Å²) in [4.78, 5) is 72.7. The first kappa shape index (κ1) is 119. The third kappa shape index (κ3) is 40.4. The number of para-hydroxylation sites is 5. The number of nitrogens with two attached hydrogens (primary N) is 3. The first-order valence-corrected chi connectivity index (χ1v) is 44.7. The molecular formula is C72H94Br5ClCrF4N20O19S4. The molecule has 39 nitrogen and oxygen atoms in total. The maximum absolute atomic E-state index is 12.7. The van der Waals surface area contributed by atoms with E-state index in [9.17, 15) is 39.2 Å². The number of nitrogens with one attached hydrogen (secondary N) is 2. The number of aromatic nitrogens is 15. The van der Waals surface area contributed by atoms with Crippen LogP contribution in [0.25, 0.3) is 0 Å². The van der Waals surface area contributed by atoms with Crippen LogP contribution in [-0.4, -0.2) is 198 Å². The van der Waals surface area contributed by atoms with Crippen molar-refractivity contribution >= 4 is 169 Å². The number of hydrogen-bond donors (Lipinski definition) is 5. The summed E-state index contributed by atoms with van der Waals surface area (Å²) in [5, 5.41) is -0.145. The van der Waals surface area contributed by atoms with Crippen molar-refractivity contribution in [3.63, 3.8) is 0 Å². The van der Waals surface area contributed by atoms with Crippen molar-refractivity contribution < 1.29 is 116 Å². The number of benzene rings is 5. The molecule has 1 unspecified atom stereocenters. The molecule has 0 bridgehead atoms. The number of methoxy groups -OCH3 is 10. The van der Waals surface area contributed by atoms with Gasteiger partial charge >= 0.3 is 97.0 Å². The van der Waals surface area contributed by atoms with Crippen molar-refractivity contribution in [3.8, 4) is 60.1 Å². The van der Waals surface area contributed by atoms with Crippen LogP contribution in [0.2, 0.25) is 0 Å². The number of ether oxygens (including phenoxy) is 10. The van der Waals surface area contributed by atoms with E-state index in [1.807, 2.05) is 98.7 Å². The molecule has 696 valence electrons. The van der Waals surface area contributed by atoms with Crippen LogP contribution in [0.1, 0.15) is 112 Å². The molecule has 0 amide bonds. The molecule has 10 aromatic rings. The van der Waals surface area contributed by atoms with Crippen molar-refractivity contribution in [1.29, 1.82) is 0 Å². The van der Waals surface area contributed by atoms with Crippen molar-refractivity contribution in [3.05, 3.63) is 171 Å². The van der Waals surface area contributed by atoms with Gasteiger partial charge in [-0.3, -0.25) is 18.5 Å². The number of rotatable bonds is 27. The summed E-state index contributed by atoms with van der Waals surface area (Å²) < 4.78 is 183. The Morgan fingerprint density at radius 2 is 0.754 bits per heavy atom. The molecule has 0 saturated carbocycles. The van der Waals surface area contributed by atoms with Gasteiger partial charge in [0.2, 0.25) is 11.6 Å². The Hall–Kier alpha value is -9.28. The van der Waals surface area contributed by atoms with Crippen molar-refractivity contribution in [2.45, 2.75) is 91.4 Å². The molecular weight excluding hydrogens is 2140 g/mol. The van der Waals surface area contributed by atoms with Crippen LogP contribution in [0.5, 0.6) is 60.1 Å². The number of alkyl halides is 4. The second-order valence-electron chi connectivity index (χ2n) is 22.9. The van der Waals surface area contributed by atoms with Gasteiger partial charge in [0.25, 0.3) is 20.0 Å². The predicted octanol–water partition coefficient (Wildman–Crippen LogP) is 15.5. The quantitative estimate of drug-likeness (QED) is 0.0181. The van der Waals surface area contributed by atoms with Gasteiger partial charge in [0.15, 0.2) is 5.82 Å². The molecule has 5 heterocycles. The van der Waals surface area contributed by atoms with E-state index in [0.29, 0.717) is 45.3 Å².